The molecule has 0 atom stereocenters. The highest BCUT2D eigenvalue weighted by atomic mass is 16.2. The second-order valence-electron chi connectivity index (χ2n) is 6.09. The minimum Gasteiger partial charge on any atom is -0.336 e. The average Bonchev–Trinajstić information content (AvgIpc) is 3.18. The van der Waals surface area contributed by atoms with E-state index in [1.54, 1.807) is 11.1 Å². The van der Waals surface area contributed by atoms with Crippen molar-refractivity contribution in [2.75, 3.05) is 7.05 Å². The highest BCUT2D eigenvalue weighted by Gasteiger charge is 2.23. The molecular weight excluding hydrogens is 314 g/mol. The zero-order valence-corrected chi connectivity index (χ0v) is 15.1. The molecule has 0 saturated heterocycles. The molecule has 2 heterocycles. The van der Waals surface area contributed by atoms with Gasteiger partial charge in [0, 0.05) is 19.8 Å². The molecule has 0 unspecified atom stereocenters. The maximum Gasteiger partial charge on any atom is 0.257 e. The summed E-state index contributed by atoms with van der Waals surface area (Å²) < 4.78 is 3.73. The number of carbonyl (C=O) groups excluding carboxylic acids is 1. The van der Waals surface area contributed by atoms with Crippen LogP contribution in [0.5, 0.6) is 0 Å². The predicted molar refractivity (Wildman–Crippen MR) is 96.7 cm³/mol. The van der Waals surface area contributed by atoms with Crippen LogP contribution < -0.4 is 0 Å². The van der Waals surface area contributed by atoms with E-state index in [4.69, 9.17) is 0 Å². The Labute approximate surface area is 147 Å². The van der Waals surface area contributed by atoms with Crippen LogP contribution in [0, 0.1) is 13.8 Å². The third-order valence-corrected chi connectivity index (χ3v) is 4.36. The lowest BCUT2D eigenvalue weighted by Crippen LogP contribution is -2.28. The molecule has 1 aromatic carbocycles. The van der Waals surface area contributed by atoms with Gasteiger partial charge in [-0.2, -0.15) is 10.2 Å². The van der Waals surface area contributed by atoms with Gasteiger partial charge in [-0.25, -0.2) is 4.68 Å². The fourth-order valence-corrected chi connectivity index (χ4v) is 3.06. The Morgan fingerprint density at radius 2 is 1.88 bits per heavy atom. The van der Waals surface area contributed by atoms with E-state index >= 15 is 0 Å². The van der Waals surface area contributed by atoms with Gasteiger partial charge in [0.1, 0.15) is 0 Å². The molecule has 6 nitrogen and oxygen atoms in total. The lowest BCUT2D eigenvalue weighted by Gasteiger charge is -2.18. The van der Waals surface area contributed by atoms with E-state index in [-0.39, 0.29) is 5.91 Å². The van der Waals surface area contributed by atoms with Crippen LogP contribution in [-0.2, 0) is 13.1 Å². The van der Waals surface area contributed by atoms with E-state index in [1.807, 2.05) is 73.6 Å². The zero-order valence-electron chi connectivity index (χ0n) is 15.1. The van der Waals surface area contributed by atoms with Crippen LogP contribution in [0.4, 0.5) is 0 Å². The summed E-state index contributed by atoms with van der Waals surface area (Å²) in [5.74, 6) is -0.0268. The highest BCUT2D eigenvalue weighted by molar-refractivity contribution is 5.96. The smallest absolute Gasteiger partial charge is 0.257 e. The first kappa shape index (κ1) is 17.0. The van der Waals surface area contributed by atoms with Crippen LogP contribution in [0.3, 0.4) is 0 Å². The minimum absolute atomic E-state index is 0.0268. The number of aryl methyl sites for hydroxylation is 2. The Bertz CT molecular complexity index is 879. The summed E-state index contributed by atoms with van der Waals surface area (Å²) in [5, 5.41) is 8.83. The molecule has 3 rings (SSSR count). The second kappa shape index (κ2) is 6.93. The minimum atomic E-state index is -0.0268. The van der Waals surface area contributed by atoms with Crippen molar-refractivity contribution in [1.82, 2.24) is 24.5 Å². The van der Waals surface area contributed by atoms with Gasteiger partial charge < -0.3 is 4.90 Å². The van der Waals surface area contributed by atoms with Crippen LogP contribution in [0.1, 0.15) is 34.4 Å². The summed E-state index contributed by atoms with van der Waals surface area (Å²) in [6.45, 7) is 7.15. The quantitative estimate of drug-likeness (QED) is 0.719. The van der Waals surface area contributed by atoms with Gasteiger partial charge in [-0.1, -0.05) is 18.2 Å². The van der Waals surface area contributed by atoms with Crippen molar-refractivity contribution in [3.05, 3.63) is 65.2 Å². The Balaban J connectivity index is 1.88. The second-order valence-corrected chi connectivity index (χ2v) is 6.09. The SMILES string of the molecule is CCn1nccc1CN(C)C(=O)c1c(C)nn(-c2ccccc2)c1C. The van der Waals surface area contributed by atoms with Crippen molar-refractivity contribution in [2.45, 2.75) is 33.9 Å². The summed E-state index contributed by atoms with van der Waals surface area (Å²) in [6.07, 6.45) is 1.76. The van der Waals surface area contributed by atoms with Crippen LogP contribution in [0.25, 0.3) is 5.69 Å². The Kier molecular flexibility index (Phi) is 4.70. The van der Waals surface area contributed by atoms with Crippen LogP contribution >= 0.6 is 0 Å². The summed E-state index contributed by atoms with van der Waals surface area (Å²) in [5.41, 5.74) is 4.22. The number of carbonyl (C=O) groups is 1. The molecule has 130 valence electrons. The van der Waals surface area contributed by atoms with Gasteiger partial charge in [0.05, 0.1) is 34.9 Å². The van der Waals surface area contributed by atoms with Gasteiger partial charge in [0.15, 0.2) is 0 Å². The Hall–Kier alpha value is -2.89. The predicted octanol–water partition coefficient (Wildman–Crippen LogP) is 2.98. The molecule has 0 aliphatic rings. The standard InChI is InChI=1S/C19H23N5O/c1-5-23-17(11-12-20-23)13-22(4)19(25)18-14(2)21-24(15(18)3)16-9-7-6-8-10-16/h6-12H,5,13H2,1-4H3. The summed E-state index contributed by atoms with van der Waals surface area (Å²) >= 11 is 0. The molecule has 25 heavy (non-hydrogen) atoms. The molecule has 3 aromatic rings. The molecule has 0 aliphatic carbocycles. The molecule has 0 fully saturated rings. The van der Waals surface area contributed by atoms with Gasteiger partial charge in [-0.15, -0.1) is 0 Å². The normalized spacial score (nSPS) is 10.9. The Morgan fingerprint density at radius 3 is 2.56 bits per heavy atom. The number of aromatic nitrogens is 4. The number of rotatable bonds is 5. The van der Waals surface area contributed by atoms with Crippen molar-refractivity contribution < 1.29 is 4.79 Å². The van der Waals surface area contributed by atoms with Gasteiger partial charge in [0.2, 0.25) is 0 Å². The van der Waals surface area contributed by atoms with Crippen LogP contribution in [0.2, 0.25) is 0 Å². The van der Waals surface area contributed by atoms with Crippen molar-refractivity contribution in [3.63, 3.8) is 0 Å². The number of hydrogen-bond donors (Lipinski definition) is 0. The zero-order chi connectivity index (χ0) is 18.0. The molecule has 0 N–H and O–H groups in total. The molecule has 0 bridgehead atoms. The number of hydrogen-bond acceptors (Lipinski definition) is 3. The summed E-state index contributed by atoms with van der Waals surface area (Å²) in [7, 11) is 1.81. The fraction of sp³-hybridized carbons (Fsp3) is 0.316. The van der Waals surface area contributed by atoms with Crippen molar-refractivity contribution in [3.8, 4) is 5.69 Å². The molecule has 0 radical (unpaired) electrons. The van der Waals surface area contributed by atoms with E-state index in [1.165, 1.54) is 0 Å². The third kappa shape index (κ3) is 3.20. The maximum absolute atomic E-state index is 13.0. The van der Waals surface area contributed by atoms with E-state index in [0.29, 0.717) is 12.1 Å². The molecule has 6 heteroatoms. The molecule has 0 saturated carbocycles. The number of amides is 1. The van der Waals surface area contributed by atoms with E-state index in [2.05, 4.69) is 10.2 Å². The first-order valence-corrected chi connectivity index (χ1v) is 8.40. The van der Waals surface area contributed by atoms with E-state index in [9.17, 15) is 4.79 Å². The number of nitrogens with zero attached hydrogens (tertiary/aromatic N) is 5. The summed E-state index contributed by atoms with van der Waals surface area (Å²) in [6, 6.07) is 11.8. The lowest BCUT2D eigenvalue weighted by molar-refractivity contribution is 0.0780. The van der Waals surface area contributed by atoms with Crippen molar-refractivity contribution in [2.24, 2.45) is 0 Å². The monoisotopic (exact) mass is 337 g/mol. The van der Waals surface area contributed by atoms with Gasteiger partial charge >= 0.3 is 0 Å². The molecule has 0 spiro atoms. The Morgan fingerprint density at radius 1 is 1.16 bits per heavy atom. The third-order valence-electron chi connectivity index (χ3n) is 4.36. The van der Waals surface area contributed by atoms with Crippen molar-refractivity contribution >= 4 is 5.91 Å². The summed E-state index contributed by atoms with van der Waals surface area (Å²) in [4.78, 5) is 14.7. The van der Waals surface area contributed by atoms with E-state index in [0.717, 1.165) is 29.3 Å². The topological polar surface area (TPSA) is 56.0 Å². The average molecular weight is 337 g/mol. The molecular formula is C19H23N5O. The van der Waals surface area contributed by atoms with Gasteiger partial charge in [0.25, 0.3) is 5.91 Å². The largest absolute Gasteiger partial charge is 0.336 e. The first-order chi connectivity index (χ1) is 12.0. The van der Waals surface area contributed by atoms with E-state index < -0.39 is 0 Å². The first-order valence-electron chi connectivity index (χ1n) is 8.40. The van der Waals surface area contributed by atoms with Crippen LogP contribution in [0.15, 0.2) is 42.6 Å². The van der Waals surface area contributed by atoms with Gasteiger partial charge in [-0.3, -0.25) is 9.48 Å². The lowest BCUT2D eigenvalue weighted by atomic mass is 10.1. The molecule has 1 amide bonds. The molecule has 0 aliphatic heterocycles. The maximum atomic E-state index is 13.0. The molecule has 2 aromatic heterocycles. The number of benzene rings is 1. The fourth-order valence-electron chi connectivity index (χ4n) is 3.06. The van der Waals surface area contributed by atoms with Crippen molar-refractivity contribution in [1.29, 1.82) is 0 Å². The number of para-hydroxylation sites is 1. The van der Waals surface area contributed by atoms with Gasteiger partial charge in [-0.05, 0) is 39.0 Å². The highest BCUT2D eigenvalue weighted by Crippen LogP contribution is 2.20. The van der Waals surface area contributed by atoms with Crippen LogP contribution in [-0.4, -0.2) is 37.4 Å².